The van der Waals surface area contributed by atoms with E-state index in [0.29, 0.717) is 22.3 Å². The Kier molecular flexibility index (Phi) is 6.07. The highest BCUT2D eigenvalue weighted by molar-refractivity contribution is 7.99. The molecule has 0 bridgehead atoms. The third-order valence-electron chi connectivity index (χ3n) is 3.34. The van der Waals surface area contributed by atoms with Crippen LogP contribution in [0.2, 0.25) is 0 Å². The van der Waals surface area contributed by atoms with E-state index in [1.165, 1.54) is 24.3 Å². The van der Waals surface area contributed by atoms with Gasteiger partial charge in [-0.1, -0.05) is 11.8 Å². The number of thioether (sulfide) groups is 1. The first-order valence-corrected chi connectivity index (χ1v) is 8.30. The van der Waals surface area contributed by atoms with E-state index < -0.39 is 22.9 Å². The van der Waals surface area contributed by atoms with E-state index in [0.717, 1.165) is 9.13 Å². The van der Waals surface area contributed by atoms with E-state index in [9.17, 15) is 23.5 Å². The molecule has 0 amide bonds. The third kappa shape index (κ3) is 4.13. The van der Waals surface area contributed by atoms with Crippen molar-refractivity contribution in [3.8, 4) is 5.88 Å². The van der Waals surface area contributed by atoms with Crippen molar-refractivity contribution in [2.24, 2.45) is 10.2 Å². The molecule has 0 aliphatic heterocycles. The van der Waals surface area contributed by atoms with Crippen LogP contribution in [0.3, 0.4) is 0 Å². The van der Waals surface area contributed by atoms with Crippen molar-refractivity contribution in [3.05, 3.63) is 45.1 Å². The maximum Gasteiger partial charge on any atom is 0.333 e. The van der Waals surface area contributed by atoms with Crippen LogP contribution < -0.4 is 11.2 Å². The quantitative estimate of drug-likeness (QED) is 0.623. The molecule has 134 valence electrons. The predicted octanol–water partition coefficient (Wildman–Crippen LogP) is 3.49. The number of hydrogen-bond donors (Lipinski definition) is 1. The van der Waals surface area contributed by atoms with Crippen LogP contribution in [-0.2, 0) is 13.1 Å². The smallest absolute Gasteiger partial charge is 0.333 e. The van der Waals surface area contributed by atoms with Crippen LogP contribution in [-0.4, -0.2) is 20.0 Å². The maximum absolute atomic E-state index is 12.3. The summed E-state index contributed by atoms with van der Waals surface area (Å²) < 4.78 is 26.5. The zero-order chi connectivity index (χ0) is 18.6. The Labute approximate surface area is 145 Å². The Morgan fingerprint density at radius 1 is 1.08 bits per heavy atom. The van der Waals surface area contributed by atoms with Crippen LogP contribution in [0.1, 0.15) is 13.8 Å². The van der Waals surface area contributed by atoms with Gasteiger partial charge < -0.3 is 5.11 Å². The molecular weight excluding hydrogens is 354 g/mol. The van der Waals surface area contributed by atoms with Gasteiger partial charge in [0.2, 0.25) is 11.6 Å². The van der Waals surface area contributed by atoms with E-state index in [1.807, 2.05) is 0 Å². The Bertz CT molecular complexity index is 891. The van der Waals surface area contributed by atoms with Gasteiger partial charge in [0, 0.05) is 18.0 Å². The van der Waals surface area contributed by atoms with Crippen molar-refractivity contribution < 1.29 is 13.9 Å². The lowest BCUT2D eigenvalue weighted by Gasteiger charge is -2.10. The normalized spacial score (nSPS) is 11.6. The average Bonchev–Trinajstić information content (AvgIpc) is 2.56. The summed E-state index contributed by atoms with van der Waals surface area (Å²) in [5.41, 5.74) is -1.41. The predicted molar refractivity (Wildman–Crippen MR) is 90.5 cm³/mol. The molecule has 1 heterocycles. The zero-order valence-corrected chi connectivity index (χ0v) is 14.3. The fraction of sp³-hybridized carbons (Fsp3) is 0.333. The van der Waals surface area contributed by atoms with E-state index in [-0.39, 0.29) is 18.8 Å². The molecule has 0 saturated carbocycles. The van der Waals surface area contributed by atoms with E-state index in [2.05, 4.69) is 10.2 Å². The molecule has 2 aromatic rings. The fourth-order valence-electron chi connectivity index (χ4n) is 2.13. The van der Waals surface area contributed by atoms with E-state index in [1.54, 1.807) is 13.8 Å². The van der Waals surface area contributed by atoms with Crippen molar-refractivity contribution in [1.82, 2.24) is 9.13 Å². The summed E-state index contributed by atoms with van der Waals surface area (Å²) in [6, 6.07) is 5.81. The van der Waals surface area contributed by atoms with Gasteiger partial charge in [-0.25, -0.2) is 4.79 Å². The molecule has 1 N–H and O–H groups in total. The fourth-order valence-corrected chi connectivity index (χ4v) is 2.63. The van der Waals surface area contributed by atoms with Crippen LogP contribution in [0, 0.1) is 0 Å². The Balaban J connectivity index is 2.41. The summed E-state index contributed by atoms with van der Waals surface area (Å²) in [4.78, 5) is 24.7. The van der Waals surface area contributed by atoms with Crippen LogP contribution >= 0.6 is 11.8 Å². The van der Waals surface area contributed by atoms with Crippen molar-refractivity contribution in [1.29, 1.82) is 0 Å². The molecule has 0 spiro atoms. The second-order valence-electron chi connectivity index (χ2n) is 4.82. The summed E-state index contributed by atoms with van der Waals surface area (Å²) in [7, 11) is 0. The van der Waals surface area contributed by atoms with Crippen LogP contribution in [0.4, 0.5) is 20.2 Å². The summed E-state index contributed by atoms with van der Waals surface area (Å²) in [6.45, 7) is 3.55. The Hall–Kier alpha value is -2.49. The molecule has 0 fully saturated rings. The highest BCUT2D eigenvalue weighted by Crippen LogP contribution is 2.28. The number of aromatic nitrogens is 2. The second kappa shape index (κ2) is 8.06. The monoisotopic (exact) mass is 370 g/mol. The number of hydrogen-bond acceptors (Lipinski definition) is 6. The maximum atomic E-state index is 12.3. The van der Waals surface area contributed by atoms with Gasteiger partial charge in [-0.15, -0.1) is 5.11 Å². The molecule has 1 aromatic carbocycles. The van der Waals surface area contributed by atoms with E-state index in [4.69, 9.17) is 0 Å². The number of alkyl halides is 2. The highest BCUT2D eigenvalue weighted by Gasteiger charge is 2.17. The molecule has 0 aliphatic carbocycles. The molecule has 0 radical (unpaired) electrons. The van der Waals surface area contributed by atoms with Gasteiger partial charge in [-0.2, -0.15) is 13.9 Å². The van der Waals surface area contributed by atoms with E-state index >= 15 is 0 Å². The van der Waals surface area contributed by atoms with Crippen molar-refractivity contribution in [3.63, 3.8) is 0 Å². The lowest BCUT2D eigenvalue weighted by molar-refractivity contribution is 0.252. The minimum Gasteiger partial charge on any atom is -0.493 e. The standard InChI is InChI=1S/C15H16F2N4O3S/c1-3-20-12(22)11(13(23)21(4-2)15(20)24)19-18-9-5-7-10(8-6-9)25-14(16)17/h5-8,14,22H,3-4H2,1-2H3. The minimum absolute atomic E-state index is 0.125. The van der Waals surface area contributed by atoms with Gasteiger partial charge in [-0.3, -0.25) is 13.9 Å². The van der Waals surface area contributed by atoms with Gasteiger partial charge >= 0.3 is 5.69 Å². The lowest BCUT2D eigenvalue weighted by Crippen LogP contribution is -2.38. The number of azo groups is 1. The van der Waals surface area contributed by atoms with Gasteiger partial charge in [0.1, 0.15) is 0 Å². The molecule has 1 aromatic heterocycles. The highest BCUT2D eigenvalue weighted by atomic mass is 32.2. The average molecular weight is 370 g/mol. The number of benzene rings is 1. The molecule has 0 unspecified atom stereocenters. The second-order valence-corrected chi connectivity index (χ2v) is 5.88. The van der Waals surface area contributed by atoms with Crippen LogP contribution in [0.15, 0.2) is 49.0 Å². The largest absolute Gasteiger partial charge is 0.493 e. The molecule has 2 rings (SSSR count). The Morgan fingerprint density at radius 3 is 2.20 bits per heavy atom. The molecule has 10 heteroatoms. The minimum atomic E-state index is -2.52. The van der Waals surface area contributed by atoms with Gasteiger partial charge in [0.15, 0.2) is 0 Å². The van der Waals surface area contributed by atoms with Crippen molar-refractivity contribution >= 4 is 23.1 Å². The molecule has 0 atom stereocenters. The van der Waals surface area contributed by atoms with Crippen LogP contribution in [0.5, 0.6) is 5.88 Å². The number of halogens is 2. The third-order valence-corrected chi connectivity index (χ3v) is 4.06. The zero-order valence-electron chi connectivity index (χ0n) is 13.5. The van der Waals surface area contributed by atoms with Gasteiger partial charge in [-0.05, 0) is 38.1 Å². The molecule has 7 nitrogen and oxygen atoms in total. The molecular formula is C15H16F2N4O3S. The summed E-state index contributed by atoms with van der Waals surface area (Å²) in [5, 5.41) is 17.7. The number of rotatable bonds is 6. The first-order valence-electron chi connectivity index (χ1n) is 7.42. The molecule has 0 aliphatic rings. The molecule has 0 saturated heterocycles. The van der Waals surface area contributed by atoms with Crippen molar-refractivity contribution in [2.75, 3.05) is 0 Å². The summed E-state index contributed by atoms with van der Waals surface area (Å²) in [6.07, 6.45) is 0. The van der Waals surface area contributed by atoms with Crippen LogP contribution in [0.25, 0.3) is 0 Å². The first-order chi connectivity index (χ1) is 11.9. The topological polar surface area (TPSA) is 88.9 Å². The Morgan fingerprint density at radius 2 is 1.68 bits per heavy atom. The lowest BCUT2D eigenvalue weighted by atomic mass is 10.3. The number of aromatic hydroxyl groups is 1. The molecule has 25 heavy (non-hydrogen) atoms. The van der Waals surface area contributed by atoms with Gasteiger partial charge in [0.05, 0.1) is 5.69 Å². The summed E-state index contributed by atoms with van der Waals surface area (Å²) in [5.74, 6) is -3.08. The van der Waals surface area contributed by atoms with Crippen molar-refractivity contribution in [2.45, 2.75) is 37.6 Å². The number of nitrogens with zero attached hydrogens (tertiary/aromatic N) is 4. The SMILES string of the molecule is CCn1c(O)c(N=Nc2ccc(SC(F)F)cc2)c(=O)n(CC)c1=O. The first kappa shape index (κ1) is 18.8. The summed E-state index contributed by atoms with van der Waals surface area (Å²) >= 11 is 0.401. The van der Waals surface area contributed by atoms with Gasteiger partial charge in [0.25, 0.3) is 11.3 Å².